The number of nitrogens with one attached hydrogen (secondary N) is 1. The fourth-order valence-electron chi connectivity index (χ4n) is 1.77. The summed E-state index contributed by atoms with van der Waals surface area (Å²) in [7, 11) is 1.79. The fraction of sp³-hybridized carbons (Fsp3) is 0.200. The Bertz CT molecular complexity index is 691. The first-order valence-electron chi connectivity index (χ1n) is 6.20. The van der Waals surface area contributed by atoms with Crippen molar-refractivity contribution in [3.8, 4) is 11.8 Å². The molecule has 2 aromatic rings. The van der Waals surface area contributed by atoms with Crippen molar-refractivity contribution in [1.82, 2.24) is 9.78 Å². The zero-order valence-corrected chi connectivity index (χ0v) is 11.5. The molecule has 1 heterocycles. The van der Waals surface area contributed by atoms with Gasteiger partial charge in [-0.15, -0.1) is 0 Å². The van der Waals surface area contributed by atoms with Gasteiger partial charge in [0.15, 0.2) is 5.82 Å². The van der Waals surface area contributed by atoms with Gasteiger partial charge < -0.3 is 11.1 Å². The van der Waals surface area contributed by atoms with Gasteiger partial charge in [0.25, 0.3) is 5.91 Å². The molecule has 0 aliphatic carbocycles. The van der Waals surface area contributed by atoms with E-state index in [2.05, 4.69) is 22.3 Å². The molecule has 0 radical (unpaired) electrons. The largest absolute Gasteiger partial charge is 0.320 e. The molecular weight excluding hydrogens is 252 g/mol. The quantitative estimate of drug-likeness (QED) is 0.806. The molecule has 1 amide bonds. The molecule has 0 fully saturated rings. The Morgan fingerprint density at radius 1 is 1.45 bits per heavy atom. The normalized spacial score (nSPS) is 9.75. The van der Waals surface area contributed by atoms with Crippen LogP contribution in [0.5, 0.6) is 0 Å². The summed E-state index contributed by atoms with van der Waals surface area (Å²) in [6.07, 6.45) is 1.76. The molecular formula is C15H16N4O. The van der Waals surface area contributed by atoms with E-state index >= 15 is 0 Å². The Kier molecular flexibility index (Phi) is 4.18. The van der Waals surface area contributed by atoms with E-state index in [0.29, 0.717) is 16.9 Å². The summed E-state index contributed by atoms with van der Waals surface area (Å²) < 4.78 is 1.62. The average Bonchev–Trinajstić information content (AvgIpc) is 2.81. The molecule has 0 atom stereocenters. The van der Waals surface area contributed by atoms with Crippen molar-refractivity contribution < 1.29 is 4.79 Å². The number of rotatable bonds is 2. The Labute approximate surface area is 117 Å². The maximum atomic E-state index is 12.3. The number of nitrogens with two attached hydrogens (primary N) is 1. The molecule has 0 unspecified atom stereocenters. The van der Waals surface area contributed by atoms with Gasteiger partial charge in [0.2, 0.25) is 0 Å². The van der Waals surface area contributed by atoms with E-state index in [1.165, 1.54) is 0 Å². The molecule has 0 bridgehead atoms. The van der Waals surface area contributed by atoms with Crippen molar-refractivity contribution in [1.29, 1.82) is 0 Å². The lowest BCUT2D eigenvalue weighted by atomic mass is 10.0. The molecule has 5 heteroatoms. The van der Waals surface area contributed by atoms with Crippen molar-refractivity contribution in [2.24, 2.45) is 12.8 Å². The lowest BCUT2D eigenvalue weighted by molar-refractivity contribution is 0.102. The van der Waals surface area contributed by atoms with Crippen molar-refractivity contribution in [2.75, 3.05) is 11.9 Å². The van der Waals surface area contributed by atoms with Crippen molar-refractivity contribution in [2.45, 2.75) is 6.92 Å². The van der Waals surface area contributed by atoms with Crippen LogP contribution in [-0.2, 0) is 7.05 Å². The van der Waals surface area contributed by atoms with Gasteiger partial charge in [-0.1, -0.05) is 17.9 Å². The summed E-state index contributed by atoms with van der Waals surface area (Å²) in [6.45, 7) is 2.21. The van der Waals surface area contributed by atoms with Gasteiger partial charge in [-0.2, -0.15) is 5.10 Å². The number of aryl methyl sites for hydroxylation is 2. The molecule has 5 nitrogen and oxygen atoms in total. The summed E-state index contributed by atoms with van der Waals surface area (Å²) >= 11 is 0. The second kappa shape index (κ2) is 6.04. The minimum absolute atomic E-state index is 0.231. The van der Waals surface area contributed by atoms with Crippen molar-refractivity contribution in [3.63, 3.8) is 0 Å². The number of carbonyl (C=O) groups excluding carboxylic acids is 1. The van der Waals surface area contributed by atoms with Crippen LogP contribution >= 0.6 is 0 Å². The van der Waals surface area contributed by atoms with Crippen molar-refractivity contribution >= 4 is 11.7 Å². The van der Waals surface area contributed by atoms with Gasteiger partial charge in [-0.3, -0.25) is 9.48 Å². The van der Waals surface area contributed by atoms with Gasteiger partial charge in [0, 0.05) is 24.9 Å². The Morgan fingerprint density at radius 3 is 2.90 bits per heavy atom. The minimum Gasteiger partial charge on any atom is -0.320 e. The Hall–Kier alpha value is -2.58. The van der Waals surface area contributed by atoms with E-state index in [4.69, 9.17) is 5.73 Å². The summed E-state index contributed by atoms with van der Waals surface area (Å²) in [4.78, 5) is 12.3. The molecule has 0 saturated carbocycles. The number of anilines is 1. The van der Waals surface area contributed by atoms with Gasteiger partial charge in [0.1, 0.15) is 0 Å². The summed E-state index contributed by atoms with van der Waals surface area (Å²) in [5.74, 6) is 5.98. The number of benzene rings is 1. The SMILES string of the molecule is Cc1ccc(C(=O)Nc2ccn(C)n2)c(C#CCN)c1. The van der Waals surface area contributed by atoms with E-state index < -0.39 is 0 Å². The molecule has 0 saturated heterocycles. The number of amides is 1. The molecule has 0 aliphatic heterocycles. The number of hydrogen-bond donors (Lipinski definition) is 2. The van der Waals surface area contributed by atoms with Gasteiger partial charge in [-0.25, -0.2) is 0 Å². The zero-order valence-electron chi connectivity index (χ0n) is 11.5. The number of nitrogens with zero attached hydrogens (tertiary/aromatic N) is 2. The van der Waals surface area contributed by atoms with Gasteiger partial charge >= 0.3 is 0 Å². The van der Waals surface area contributed by atoms with Crippen LogP contribution in [0.3, 0.4) is 0 Å². The minimum atomic E-state index is -0.231. The smallest absolute Gasteiger partial charge is 0.258 e. The number of carbonyl (C=O) groups is 1. The standard InChI is InChI=1S/C15H16N4O/c1-11-5-6-13(12(10-11)4-3-8-16)15(20)17-14-7-9-19(2)18-14/h5-7,9-10H,8,16H2,1-2H3,(H,17,18,20). The first-order valence-corrected chi connectivity index (χ1v) is 6.20. The lowest BCUT2D eigenvalue weighted by Gasteiger charge is -2.06. The van der Waals surface area contributed by atoms with Crippen LogP contribution in [-0.4, -0.2) is 22.2 Å². The highest BCUT2D eigenvalue weighted by Gasteiger charge is 2.11. The highest BCUT2D eigenvalue weighted by atomic mass is 16.1. The van der Waals surface area contributed by atoms with Crippen molar-refractivity contribution in [3.05, 3.63) is 47.2 Å². The highest BCUT2D eigenvalue weighted by molar-refractivity contribution is 6.05. The monoisotopic (exact) mass is 268 g/mol. The van der Waals surface area contributed by atoms with E-state index in [9.17, 15) is 4.79 Å². The Balaban J connectivity index is 2.29. The van der Waals surface area contributed by atoms with Crippen LogP contribution < -0.4 is 11.1 Å². The first-order chi connectivity index (χ1) is 9.60. The lowest BCUT2D eigenvalue weighted by Crippen LogP contribution is -2.14. The van der Waals surface area contributed by atoms with Crippen LogP contribution in [0.4, 0.5) is 5.82 Å². The predicted octanol–water partition coefficient (Wildman–Crippen LogP) is 1.29. The van der Waals surface area contributed by atoms with Crippen LogP contribution in [0, 0.1) is 18.8 Å². The summed E-state index contributed by atoms with van der Waals surface area (Å²) in [5, 5.41) is 6.86. The third-order valence-electron chi connectivity index (χ3n) is 2.70. The van der Waals surface area contributed by atoms with Crippen LogP contribution in [0.25, 0.3) is 0 Å². The first kappa shape index (κ1) is 13.8. The van der Waals surface area contributed by atoms with E-state index in [0.717, 1.165) is 5.56 Å². The fourth-order valence-corrected chi connectivity index (χ4v) is 1.77. The maximum Gasteiger partial charge on any atom is 0.258 e. The number of hydrogen-bond acceptors (Lipinski definition) is 3. The zero-order chi connectivity index (χ0) is 14.5. The van der Waals surface area contributed by atoms with Crippen LogP contribution in [0.2, 0.25) is 0 Å². The molecule has 1 aromatic heterocycles. The van der Waals surface area contributed by atoms with E-state index in [1.807, 2.05) is 19.1 Å². The molecule has 1 aromatic carbocycles. The van der Waals surface area contributed by atoms with Gasteiger partial charge in [0.05, 0.1) is 12.1 Å². The highest BCUT2D eigenvalue weighted by Crippen LogP contribution is 2.13. The molecule has 2 rings (SSSR count). The summed E-state index contributed by atoms with van der Waals surface area (Å²) in [6, 6.07) is 7.24. The predicted molar refractivity (Wildman–Crippen MR) is 78.3 cm³/mol. The summed E-state index contributed by atoms with van der Waals surface area (Å²) in [5.41, 5.74) is 7.61. The van der Waals surface area contributed by atoms with E-state index in [1.54, 1.807) is 30.1 Å². The second-order valence-electron chi connectivity index (χ2n) is 4.38. The molecule has 0 aliphatic rings. The molecule has 0 spiro atoms. The van der Waals surface area contributed by atoms with Crippen LogP contribution in [0.1, 0.15) is 21.5 Å². The van der Waals surface area contributed by atoms with E-state index in [-0.39, 0.29) is 12.5 Å². The molecule has 102 valence electrons. The van der Waals surface area contributed by atoms with Gasteiger partial charge in [-0.05, 0) is 24.6 Å². The second-order valence-corrected chi connectivity index (χ2v) is 4.38. The Morgan fingerprint density at radius 2 is 2.25 bits per heavy atom. The molecule has 3 N–H and O–H groups in total. The topological polar surface area (TPSA) is 72.9 Å². The molecule has 20 heavy (non-hydrogen) atoms. The third-order valence-corrected chi connectivity index (χ3v) is 2.70. The van der Waals surface area contributed by atoms with Crippen LogP contribution in [0.15, 0.2) is 30.5 Å². The maximum absolute atomic E-state index is 12.3. The average molecular weight is 268 g/mol. The number of aromatic nitrogens is 2. The third kappa shape index (κ3) is 3.25.